The van der Waals surface area contributed by atoms with Crippen molar-refractivity contribution in [1.29, 1.82) is 0 Å². The number of benzene rings is 1. The second-order valence-corrected chi connectivity index (χ2v) is 9.61. The minimum absolute atomic E-state index is 0.133. The number of nitrogens with zero attached hydrogens (tertiary/aromatic N) is 4. The second-order valence-electron chi connectivity index (χ2n) is 7.64. The van der Waals surface area contributed by atoms with Crippen molar-refractivity contribution in [2.75, 3.05) is 39.3 Å². The molecule has 0 bridgehead atoms. The van der Waals surface area contributed by atoms with Crippen molar-refractivity contribution in [3.8, 4) is 0 Å². The molecule has 1 aromatic carbocycles. The molecule has 0 aliphatic carbocycles. The van der Waals surface area contributed by atoms with Gasteiger partial charge in [0.15, 0.2) is 5.96 Å². The summed E-state index contributed by atoms with van der Waals surface area (Å²) < 4.78 is 31.5. The van der Waals surface area contributed by atoms with Crippen LogP contribution in [-0.2, 0) is 15.8 Å². The summed E-state index contributed by atoms with van der Waals surface area (Å²) in [6.07, 6.45) is 1.39. The number of piperazine rings is 1. The monoisotopic (exact) mass is 433 g/mol. The Kier molecular flexibility index (Phi) is 7.49. The maximum atomic E-state index is 12.6. The molecule has 3 rings (SSSR count). The molecule has 2 aromatic rings. The highest BCUT2D eigenvalue weighted by Crippen LogP contribution is 2.17. The molecule has 0 spiro atoms. The number of sulfonamides is 1. The molecule has 0 radical (unpaired) electrons. The second kappa shape index (κ2) is 10.1. The van der Waals surface area contributed by atoms with Crippen molar-refractivity contribution in [2.45, 2.75) is 32.4 Å². The van der Waals surface area contributed by atoms with E-state index >= 15 is 0 Å². The lowest BCUT2D eigenvalue weighted by molar-refractivity contribution is 0.259. The van der Waals surface area contributed by atoms with Crippen LogP contribution in [0, 0.1) is 6.92 Å². The summed E-state index contributed by atoms with van der Waals surface area (Å²) in [6.45, 7) is 9.80. The fourth-order valence-corrected chi connectivity index (χ4v) is 4.84. The molecule has 1 aliphatic rings. The van der Waals surface area contributed by atoms with Gasteiger partial charge in [-0.25, -0.2) is 8.42 Å². The van der Waals surface area contributed by atoms with Crippen LogP contribution in [-0.4, -0.2) is 68.0 Å². The largest absolute Gasteiger partial charge is 0.364 e. The third-order valence-electron chi connectivity index (χ3n) is 5.25. The van der Waals surface area contributed by atoms with E-state index in [-0.39, 0.29) is 5.75 Å². The third-order valence-corrected chi connectivity index (χ3v) is 7.06. The third kappa shape index (κ3) is 5.82. The molecule has 1 N–H and O–H groups in total. The molecule has 8 nitrogen and oxygen atoms in total. The van der Waals surface area contributed by atoms with Crippen LogP contribution in [0.3, 0.4) is 0 Å². The van der Waals surface area contributed by atoms with Gasteiger partial charge in [-0.15, -0.1) is 0 Å². The van der Waals surface area contributed by atoms with Gasteiger partial charge < -0.3 is 14.7 Å². The number of nitrogens with one attached hydrogen (secondary N) is 1. The number of hydrogen-bond acceptors (Lipinski definition) is 5. The summed E-state index contributed by atoms with van der Waals surface area (Å²) in [5, 5.41) is 7.06. The fourth-order valence-electron chi connectivity index (χ4n) is 3.42. The quantitative estimate of drug-likeness (QED) is 0.532. The lowest BCUT2D eigenvalue weighted by Gasteiger charge is -2.35. The Bertz CT molecular complexity index is 918. The van der Waals surface area contributed by atoms with E-state index < -0.39 is 10.0 Å². The molecular weight excluding hydrogens is 402 g/mol. The zero-order chi connectivity index (χ0) is 21.6. The molecule has 9 heteroatoms. The van der Waals surface area contributed by atoms with Crippen LogP contribution >= 0.6 is 0 Å². The molecule has 1 saturated heterocycles. The van der Waals surface area contributed by atoms with E-state index in [0.717, 1.165) is 12.5 Å². The zero-order valence-corrected chi connectivity index (χ0v) is 18.7. The van der Waals surface area contributed by atoms with Gasteiger partial charge in [-0.3, -0.25) is 4.99 Å². The lowest BCUT2D eigenvalue weighted by Crippen LogP contribution is -2.54. The van der Waals surface area contributed by atoms with Crippen LogP contribution < -0.4 is 5.32 Å². The van der Waals surface area contributed by atoms with Gasteiger partial charge in [-0.05, 0) is 19.4 Å². The Labute approximate surface area is 179 Å². The van der Waals surface area contributed by atoms with Crippen LogP contribution in [0.25, 0.3) is 0 Å². The standard InChI is InChI=1S/C21H31N5O3S/c1-4-22-21(23-15-18(3)19-7-5-17(2)6-8-19)25-10-12-26(13-11-25)30(27,28)16-20-9-14-29-24-20/h5-9,14,18H,4,10-13,15-16H2,1-3H3,(H,22,23). The number of aromatic nitrogens is 1. The molecule has 2 heterocycles. The van der Waals surface area contributed by atoms with Crippen molar-refractivity contribution in [3.63, 3.8) is 0 Å². The summed E-state index contributed by atoms with van der Waals surface area (Å²) >= 11 is 0. The normalized spacial score (nSPS) is 17.2. The van der Waals surface area contributed by atoms with Gasteiger partial charge in [0.1, 0.15) is 12.0 Å². The highest BCUT2D eigenvalue weighted by atomic mass is 32.2. The van der Waals surface area contributed by atoms with Crippen molar-refractivity contribution in [1.82, 2.24) is 19.7 Å². The van der Waals surface area contributed by atoms with Gasteiger partial charge >= 0.3 is 0 Å². The smallest absolute Gasteiger partial charge is 0.220 e. The van der Waals surface area contributed by atoms with Crippen LogP contribution in [0.2, 0.25) is 0 Å². The molecule has 1 atom stereocenters. The molecule has 30 heavy (non-hydrogen) atoms. The number of rotatable bonds is 7. The Balaban J connectivity index is 1.59. The summed E-state index contributed by atoms with van der Waals surface area (Å²) in [5.41, 5.74) is 2.94. The topological polar surface area (TPSA) is 91.0 Å². The Morgan fingerprint density at radius 2 is 1.90 bits per heavy atom. The van der Waals surface area contributed by atoms with Crippen molar-refractivity contribution in [2.24, 2.45) is 4.99 Å². The van der Waals surface area contributed by atoms with Crippen LogP contribution in [0.5, 0.6) is 0 Å². The zero-order valence-electron chi connectivity index (χ0n) is 17.9. The van der Waals surface area contributed by atoms with E-state index in [1.807, 2.05) is 6.92 Å². The van der Waals surface area contributed by atoms with E-state index in [9.17, 15) is 8.42 Å². The predicted molar refractivity (Wildman–Crippen MR) is 118 cm³/mol. The first-order valence-electron chi connectivity index (χ1n) is 10.4. The Hall–Kier alpha value is -2.39. The van der Waals surface area contributed by atoms with Gasteiger partial charge in [0, 0.05) is 51.3 Å². The number of aliphatic imine (C=N–C) groups is 1. The van der Waals surface area contributed by atoms with E-state index in [1.165, 1.54) is 21.7 Å². The summed E-state index contributed by atoms with van der Waals surface area (Å²) in [4.78, 5) is 6.96. The fraction of sp³-hybridized carbons (Fsp3) is 0.524. The summed E-state index contributed by atoms with van der Waals surface area (Å²) in [7, 11) is -3.41. The van der Waals surface area contributed by atoms with Crippen molar-refractivity contribution in [3.05, 3.63) is 53.4 Å². The van der Waals surface area contributed by atoms with Crippen LogP contribution in [0.1, 0.15) is 36.6 Å². The maximum absolute atomic E-state index is 12.6. The highest BCUT2D eigenvalue weighted by Gasteiger charge is 2.29. The van der Waals surface area contributed by atoms with Crippen LogP contribution in [0.15, 0.2) is 46.1 Å². The molecule has 1 aromatic heterocycles. The predicted octanol–water partition coefficient (Wildman–Crippen LogP) is 2.20. The molecule has 0 saturated carbocycles. The van der Waals surface area contributed by atoms with Crippen LogP contribution in [0.4, 0.5) is 0 Å². The first kappa shape index (κ1) is 22.3. The number of guanidine groups is 1. The molecular formula is C21H31N5O3S. The summed E-state index contributed by atoms with van der Waals surface area (Å²) in [5.74, 6) is 1.01. The Morgan fingerprint density at radius 3 is 2.50 bits per heavy atom. The van der Waals surface area contributed by atoms with Gasteiger partial charge in [-0.2, -0.15) is 4.31 Å². The lowest BCUT2D eigenvalue weighted by atomic mass is 10.0. The first-order chi connectivity index (χ1) is 14.4. The minimum Gasteiger partial charge on any atom is -0.364 e. The van der Waals surface area contributed by atoms with Gasteiger partial charge in [-0.1, -0.05) is 41.9 Å². The SMILES string of the molecule is CCNC(=NCC(C)c1ccc(C)cc1)N1CCN(S(=O)(=O)Cc2ccon2)CC1. The molecule has 164 valence electrons. The molecule has 1 unspecified atom stereocenters. The maximum Gasteiger partial charge on any atom is 0.220 e. The van der Waals surface area contributed by atoms with Crippen molar-refractivity contribution >= 4 is 16.0 Å². The van der Waals surface area contributed by atoms with Gasteiger partial charge in [0.25, 0.3) is 0 Å². The average Bonchev–Trinajstić information content (AvgIpc) is 3.24. The van der Waals surface area contributed by atoms with E-state index in [4.69, 9.17) is 9.52 Å². The first-order valence-corrected chi connectivity index (χ1v) is 12.0. The van der Waals surface area contributed by atoms with E-state index in [1.54, 1.807) is 6.07 Å². The number of hydrogen-bond donors (Lipinski definition) is 1. The summed E-state index contributed by atoms with van der Waals surface area (Å²) in [6, 6.07) is 10.1. The average molecular weight is 434 g/mol. The van der Waals surface area contributed by atoms with E-state index in [2.05, 4.69) is 53.5 Å². The van der Waals surface area contributed by atoms with Crippen molar-refractivity contribution < 1.29 is 12.9 Å². The highest BCUT2D eigenvalue weighted by molar-refractivity contribution is 7.88. The molecule has 1 aliphatic heterocycles. The molecule has 0 amide bonds. The Morgan fingerprint density at radius 1 is 1.20 bits per heavy atom. The van der Waals surface area contributed by atoms with E-state index in [0.29, 0.717) is 44.3 Å². The molecule has 1 fully saturated rings. The minimum atomic E-state index is -3.41. The van der Waals surface area contributed by atoms with Gasteiger partial charge in [0.2, 0.25) is 10.0 Å². The number of aryl methyl sites for hydroxylation is 1. The van der Waals surface area contributed by atoms with Gasteiger partial charge in [0.05, 0.1) is 5.69 Å².